The molecule has 1 N–H and O–H groups in total. The van der Waals surface area contributed by atoms with Gasteiger partial charge < -0.3 is 4.74 Å². The Bertz CT molecular complexity index is 706. The van der Waals surface area contributed by atoms with Crippen LogP contribution < -0.4 is 10.3 Å². The fourth-order valence-electron chi connectivity index (χ4n) is 1.45. The Morgan fingerprint density at radius 3 is 2.63 bits per heavy atom. The van der Waals surface area contributed by atoms with Crippen molar-refractivity contribution in [2.24, 2.45) is 0 Å². The summed E-state index contributed by atoms with van der Waals surface area (Å²) in [5.41, 5.74) is -0.0352. The van der Waals surface area contributed by atoms with Crippen LogP contribution in [0.15, 0.2) is 41.3 Å². The van der Waals surface area contributed by atoms with E-state index in [1.54, 1.807) is 0 Å². The minimum Gasteiger partial charge on any atom is -0.406 e. The Hall–Kier alpha value is -2.09. The molecule has 100 valence electrons. The number of aromatic amines is 1. The summed E-state index contributed by atoms with van der Waals surface area (Å²) in [6, 6.07) is 6.49. The average molecular weight is 288 g/mol. The average Bonchev–Trinajstić information content (AvgIpc) is 2.26. The molecular formula is C11H7F3N2O2S. The number of benzene rings is 1. The molecule has 0 amide bonds. The summed E-state index contributed by atoms with van der Waals surface area (Å²) in [6.07, 6.45) is -3.39. The molecule has 0 aliphatic carbocycles. The zero-order chi connectivity index (χ0) is 14.0. The van der Waals surface area contributed by atoms with Crippen molar-refractivity contribution in [1.82, 2.24) is 9.55 Å². The standard InChI is InChI=1S/C11H7F3N2O2S/c12-11(13,14)18-8-3-1-2-7(6-8)16-5-4-9(17)15-10(16)19/h1-6H,(H,15,17,19). The second-order valence-electron chi connectivity index (χ2n) is 3.53. The molecule has 0 unspecified atom stereocenters. The van der Waals surface area contributed by atoms with Crippen molar-refractivity contribution in [3.63, 3.8) is 0 Å². The van der Waals surface area contributed by atoms with E-state index >= 15 is 0 Å². The topological polar surface area (TPSA) is 47.0 Å². The molecule has 19 heavy (non-hydrogen) atoms. The third kappa shape index (κ3) is 3.44. The van der Waals surface area contributed by atoms with E-state index in [1.165, 1.54) is 41.1 Å². The smallest absolute Gasteiger partial charge is 0.406 e. The maximum Gasteiger partial charge on any atom is 0.573 e. The summed E-state index contributed by atoms with van der Waals surface area (Å²) in [6.45, 7) is 0. The Morgan fingerprint density at radius 1 is 1.26 bits per heavy atom. The number of alkyl halides is 3. The highest BCUT2D eigenvalue weighted by Crippen LogP contribution is 2.24. The van der Waals surface area contributed by atoms with Crippen molar-refractivity contribution < 1.29 is 17.9 Å². The summed E-state index contributed by atoms with van der Waals surface area (Å²) < 4.78 is 41.6. The van der Waals surface area contributed by atoms with Gasteiger partial charge in [0.1, 0.15) is 5.75 Å². The predicted molar refractivity (Wildman–Crippen MR) is 63.9 cm³/mol. The molecule has 0 fully saturated rings. The van der Waals surface area contributed by atoms with Crippen molar-refractivity contribution in [2.75, 3.05) is 0 Å². The zero-order valence-corrected chi connectivity index (χ0v) is 10.1. The summed E-state index contributed by atoms with van der Waals surface area (Å²) in [5, 5.41) is 0. The van der Waals surface area contributed by atoms with Crippen LogP contribution in [0.1, 0.15) is 0 Å². The van der Waals surface area contributed by atoms with Gasteiger partial charge in [-0.15, -0.1) is 13.2 Å². The monoisotopic (exact) mass is 288 g/mol. The third-order valence-corrected chi connectivity index (χ3v) is 2.45. The first-order chi connectivity index (χ1) is 8.85. The number of rotatable bonds is 2. The molecule has 0 saturated carbocycles. The van der Waals surface area contributed by atoms with Gasteiger partial charge in [0.25, 0.3) is 5.56 Å². The number of aromatic nitrogens is 2. The maximum atomic E-state index is 12.1. The number of nitrogens with one attached hydrogen (secondary N) is 1. The van der Waals surface area contributed by atoms with Crippen LogP contribution in [0.4, 0.5) is 13.2 Å². The molecule has 1 heterocycles. The molecule has 0 spiro atoms. The molecule has 4 nitrogen and oxygen atoms in total. The van der Waals surface area contributed by atoms with Gasteiger partial charge in [0, 0.05) is 18.3 Å². The van der Waals surface area contributed by atoms with Crippen molar-refractivity contribution in [2.45, 2.75) is 6.36 Å². The van der Waals surface area contributed by atoms with Gasteiger partial charge in [-0.3, -0.25) is 14.3 Å². The molecule has 0 aliphatic heterocycles. The van der Waals surface area contributed by atoms with E-state index in [2.05, 4.69) is 9.72 Å². The van der Waals surface area contributed by atoms with Gasteiger partial charge in [-0.25, -0.2) is 0 Å². The summed E-state index contributed by atoms with van der Waals surface area (Å²) >= 11 is 4.92. The van der Waals surface area contributed by atoms with Crippen LogP contribution in [0.25, 0.3) is 5.69 Å². The zero-order valence-electron chi connectivity index (χ0n) is 9.27. The van der Waals surface area contributed by atoms with E-state index in [-0.39, 0.29) is 16.1 Å². The van der Waals surface area contributed by atoms with Crippen LogP contribution in [-0.4, -0.2) is 15.9 Å². The molecule has 1 aromatic heterocycles. The van der Waals surface area contributed by atoms with Crippen LogP contribution in [-0.2, 0) is 0 Å². The number of H-pyrrole nitrogens is 1. The SMILES string of the molecule is O=c1ccn(-c2cccc(OC(F)(F)F)c2)c(=S)[nH]1. The Kier molecular flexibility index (Phi) is 3.43. The van der Waals surface area contributed by atoms with Crippen LogP contribution in [0, 0.1) is 4.77 Å². The third-order valence-electron chi connectivity index (χ3n) is 2.15. The maximum absolute atomic E-state index is 12.1. The lowest BCUT2D eigenvalue weighted by molar-refractivity contribution is -0.274. The number of hydrogen-bond acceptors (Lipinski definition) is 3. The van der Waals surface area contributed by atoms with Crippen molar-refractivity contribution in [3.05, 3.63) is 51.7 Å². The number of ether oxygens (including phenoxy) is 1. The van der Waals surface area contributed by atoms with Crippen molar-refractivity contribution >= 4 is 12.2 Å². The molecule has 2 aromatic rings. The lowest BCUT2D eigenvalue weighted by Gasteiger charge is -2.11. The number of nitrogens with zero attached hydrogens (tertiary/aromatic N) is 1. The molecule has 0 aliphatic rings. The molecule has 0 bridgehead atoms. The lowest BCUT2D eigenvalue weighted by Crippen LogP contribution is -2.17. The quantitative estimate of drug-likeness (QED) is 0.864. The fraction of sp³-hybridized carbons (Fsp3) is 0.0909. The molecule has 8 heteroatoms. The summed E-state index contributed by atoms with van der Waals surface area (Å²) in [7, 11) is 0. The van der Waals surface area contributed by atoms with Crippen LogP contribution in [0.2, 0.25) is 0 Å². The highest BCUT2D eigenvalue weighted by atomic mass is 32.1. The fourth-order valence-corrected chi connectivity index (χ4v) is 1.72. The van der Waals surface area contributed by atoms with Gasteiger partial charge in [0.15, 0.2) is 4.77 Å². The summed E-state index contributed by atoms with van der Waals surface area (Å²) in [4.78, 5) is 13.4. The molecule has 0 atom stereocenters. The largest absolute Gasteiger partial charge is 0.573 e. The molecule has 2 rings (SSSR count). The van der Waals surface area contributed by atoms with Crippen molar-refractivity contribution in [3.8, 4) is 11.4 Å². The van der Waals surface area contributed by atoms with Crippen LogP contribution >= 0.6 is 12.2 Å². The first-order valence-corrected chi connectivity index (χ1v) is 5.44. The molecular weight excluding hydrogens is 281 g/mol. The van der Waals surface area contributed by atoms with Gasteiger partial charge >= 0.3 is 6.36 Å². The minimum atomic E-state index is -4.76. The van der Waals surface area contributed by atoms with Crippen LogP contribution in [0.3, 0.4) is 0 Å². The highest BCUT2D eigenvalue weighted by Gasteiger charge is 2.31. The highest BCUT2D eigenvalue weighted by molar-refractivity contribution is 7.71. The van der Waals surface area contributed by atoms with E-state index in [0.717, 1.165) is 0 Å². The van der Waals surface area contributed by atoms with Gasteiger partial charge in [0.2, 0.25) is 0 Å². The Morgan fingerprint density at radius 2 is 2.00 bits per heavy atom. The second kappa shape index (κ2) is 4.88. The normalized spacial score (nSPS) is 11.3. The second-order valence-corrected chi connectivity index (χ2v) is 3.91. The van der Waals surface area contributed by atoms with Gasteiger partial charge in [-0.2, -0.15) is 0 Å². The van der Waals surface area contributed by atoms with Gasteiger partial charge in [0.05, 0.1) is 5.69 Å². The van der Waals surface area contributed by atoms with E-state index in [0.29, 0.717) is 5.69 Å². The molecule has 0 radical (unpaired) electrons. The first kappa shape index (κ1) is 13.3. The minimum absolute atomic E-state index is 0.0802. The Labute approximate surface area is 110 Å². The number of halogens is 3. The number of hydrogen-bond donors (Lipinski definition) is 1. The van der Waals surface area contributed by atoms with E-state index in [9.17, 15) is 18.0 Å². The van der Waals surface area contributed by atoms with E-state index < -0.39 is 6.36 Å². The summed E-state index contributed by atoms with van der Waals surface area (Å²) in [5.74, 6) is -0.363. The molecule has 0 saturated heterocycles. The lowest BCUT2D eigenvalue weighted by atomic mass is 10.3. The Balaban J connectivity index is 2.43. The van der Waals surface area contributed by atoms with Crippen LogP contribution in [0.5, 0.6) is 5.75 Å². The van der Waals surface area contributed by atoms with E-state index in [4.69, 9.17) is 12.2 Å². The van der Waals surface area contributed by atoms with E-state index in [1.807, 2.05) is 0 Å². The van der Waals surface area contributed by atoms with Gasteiger partial charge in [-0.05, 0) is 24.4 Å². The molecule has 1 aromatic carbocycles. The predicted octanol–water partition coefficient (Wildman–Crippen LogP) is 2.79. The first-order valence-electron chi connectivity index (χ1n) is 5.03. The van der Waals surface area contributed by atoms with Gasteiger partial charge in [-0.1, -0.05) is 6.07 Å². The van der Waals surface area contributed by atoms with Crippen molar-refractivity contribution in [1.29, 1.82) is 0 Å².